The summed E-state index contributed by atoms with van der Waals surface area (Å²) >= 11 is 0. The van der Waals surface area contributed by atoms with Crippen LogP contribution < -0.4 is 10.3 Å². The number of hydrogen-bond acceptors (Lipinski definition) is 8. The maximum absolute atomic E-state index is 13.7. The average molecular weight is 550 g/mol. The number of fused-ring (bicyclic) bond motifs is 1. The number of nitrogens with zero attached hydrogens (tertiary/aromatic N) is 4. The van der Waals surface area contributed by atoms with Crippen LogP contribution in [0.2, 0.25) is 0 Å². The minimum Gasteiger partial charge on any atom is -0.493 e. The number of sulfonamides is 1. The van der Waals surface area contributed by atoms with Crippen molar-refractivity contribution in [2.24, 2.45) is 7.05 Å². The average Bonchev–Trinajstić information content (AvgIpc) is 3.22. The highest BCUT2D eigenvalue weighted by atomic mass is 32.2. The maximum atomic E-state index is 13.7. The lowest BCUT2D eigenvalue weighted by atomic mass is 10.1. The van der Waals surface area contributed by atoms with Crippen molar-refractivity contribution in [3.8, 4) is 17.1 Å². The van der Waals surface area contributed by atoms with Crippen LogP contribution in [0.15, 0.2) is 27.9 Å². The Bertz CT molecular complexity index is 1360. The van der Waals surface area contributed by atoms with Crippen LogP contribution in [0.3, 0.4) is 0 Å². The van der Waals surface area contributed by atoms with E-state index in [0.29, 0.717) is 74.5 Å². The zero-order valence-corrected chi connectivity index (χ0v) is 23.8. The molecule has 0 aliphatic rings. The van der Waals surface area contributed by atoms with Crippen LogP contribution in [-0.2, 0) is 33.0 Å². The molecule has 3 aromatic rings. The molecule has 0 fully saturated rings. The smallest absolute Gasteiger partial charge is 0.277 e. The van der Waals surface area contributed by atoms with Gasteiger partial charge in [-0.05, 0) is 43.9 Å². The summed E-state index contributed by atoms with van der Waals surface area (Å²) in [4.78, 5) is 20.7. The third-order valence-electron chi connectivity index (χ3n) is 6.07. The molecule has 0 saturated carbocycles. The summed E-state index contributed by atoms with van der Waals surface area (Å²) in [5, 5.41) is 4.48. The molecule has 2 heterocycles. The molecular weight excluding hydrogens is 510 g/mol. The second kappa shape index (κ2) is 13.8. The van der Waals surface area contributed by atoms with E-state index in [-0.39, 0.29) is 16.3 Å². The topological polar surface area (TPSA) is 129 Å². The van der Waals surface area contributed by atoms with Crippen LogP contribution in [0.5, 0.6) is 5.75 Å². The van der Waals surface area contributed by atoms with Gasteiger partial charge < -0.3 is 19.2 Å². The highest BCUT2D eigenvalue weighted by Crippen LogP contribution is 2.32. The van der Waals surface area contributed by atoms with Crippen molar-refractivity contribution < 1.29 is 22.6 Å². The SMILES string of the molecule is CCCOc1ccc(S(=O)(=O)N(CCCOC)CCCOC)cc1-c1nc2c(CCC)nn(C)c2c(=O)[nH]1. The first-order valence-corrected chi connectivity index (χ1v) is 14.4. The molecule has 12 heteroatoms. The first-order valence-electron chi connectivity index (χ1n) is 13.0. The molecule has 1 aromatic carbocycles. The van der Waals surface area contributed by atoms with Gasteiger partial charge in [0.15, 0.2) is 5.52 Å². The number of methoxy groups -OCH3 is 2. The number of benzene rings is 1. The van der Waals surface area contributed by atoms with Gasteiger partial charge in [-0.1, -0.05) is 20.3 Å². The molecule has 210 valence electrons. The lowest BCUT2D eigenvalue weighted by Gasteiger charge is -2.23. The van der Waals surface area contributed by atoms with Crippen molar-refractivity contribution >= 4 is 21.1 Å². The Morgan fingerprint density at radius 3 is 2.32 bits per heavy atom. The quantitative estimate of drug-likeness (QED) is 0.270. The minimum atomic E-state index is -3.86. The number of aryl methyl sites for hydroxylation is 2. The van der Waals surface area contributed by atoms with E-state index in [2.05, 4.69) is 10.1 Å². The van der Waals surface area contributed by atoms with Gasteiger partial charge in [0.1, 0.15) is 17.1 Å². The van der Waals surface area contributed by atoms with Crippen LogP contribution in [0, 0.1) is 0 Å². The molecule has 0 amide bonds. The molecule has 2 aromatic heterocycles. The molecule has 0 radical (unpaired) electrons. The molecule has 0 unspecified atom stereocenters. The van der Waals surface area contributed by atoms with Gasteiger partial charge in [-0.25, -0.2) is 13.4 Å². The number of ether oxygens (including phenoxy) is 3. The summed E-state index contributed by atoms with van der Waals surface area (Å²) in [6.07, 6.45) is 3.38. The molecule has 0 saturated heterocycles. The van der Waals surface area contributed by atoms with E-state index >= 15 is 0 Å². The molecule has 0 aliphatic heterocycles. The van der Waals surface area contributed by atoms with Crippen molar-refractivity contribution in [2.75, 3.05) is 47.1 Å². The van der Waals surface area contributed by atoms with Gasteiger partial charge in [0.2, 0.25) is 10.0 Å². The van der Waals surface area contributed by atoms with Crippen molar-refractivity contribution in [2.45, 2.75) is 50.8 Å². The molecule has 0 atom stereocenters. The standard InChI is InChI=1S/C26H39N5O6S/c1-6-10-21-23-24(30(3)29-21)26(32)28-25(27-23)20-18-19(11-12-22(20)37-15-7-2)38(33,34)31(13-8-16-35-4)14-9-17-36-5/h11-12,18H,6-10,13-17H2,1-5H3,(H,27,28,32). The highest BCUT2D eigenvalue weighted by Gasteiger charge is 2.26. The first kappa shape index (κ1) is 29.8. The largest absolute Gasteiger partial charge is 0.493 e. The highest BCUT2D eigenvalue weighted by molar-refractivity contribution is 7.89. The van der Waals surface area contributed by atoms with E-state index < -0.39 is 10.0 Å². The summed E-state index contributed by atoms with van der Waals surface area (Å²) in [5.41, 5.74) is 1.65. The summed E-state index contributed by atoms with van der Waals surface area (Å²) in [7, 11) is 1.02. The normalized spacial score (nSPS) is 12.1. The van der Waals surface area contributed by atoms with Gasteiger partial charge in [-0.15, -0.1) is 0 Å². The molecule has 11 nitrogen and oxygen atoms in total. The molecule has 0 aliphatic carbocycles. The van der Waals surface area contributed by atoms with Crippen LogP contribution in [0.4, 0.5) is 0 Å². The molecule has 1 N–H and O–H groups in total. The van der Waals surface area contributed by atoms with E-state index in [1.807, 2.05) is 13.8 Å². The number of rotatable bonds is 16. The van der Waals surface area contributed by atoms with E-state index in [9.17, 15) is 13.2 Å². The van der Waals surface area contributed by atoms with Crippen molar-refractivity contribution in [1.29, 1.82) is 0 Å². The lowest BCUT2D eigenvalue weighted by Crippen LogP contribution is -2.34. The molecule has 38 heavy (non-hydrogen) atoms. The Morgan fingerprint density at radius 1 is 1.03 bits per heavy atom. The van der Waals surface area contributed by atoms with Crippen molar-refractivity contribution in [3.05, 3.63) is 34.2 Å². The Kier molecular flexibility index (Phi) is 10.8. The number of H-pyrrole nitrogens is 1. The van der Waals surface area contributed by atoms with Gasteiger partial charge >= 0.3 is 0 Å². The van der Waals surface area contributed by atoms with Crippen LogP contribution >= 0.6 is 0 Å². The lowest BCUT2D eigenvalue weighted by molar-refractivity contribution is 0.175. The minimum absolute atomic E-state index is 0.0916. The third kappa shape index (κ3) is 6.79. The Balaban J connectivity index is 2.13. The predicted molar refractivity (Wildman–Crippen MR) is 146 cm³/mol. The Hall–Kier alpha value is -2.80. The molecule has 0 bridgehead atoms. The summed E-state index contributed by atoms with van der Waals surface area (Å²) in [5.74, 6) is 0.681. The zero-order chi connectivity index (χ0) is 27.7. The number of aromatic nitrogens is 4. The van der Waals surface area contributed by atoms with Gasteiger partial charge in [0.25, 0.3) is 5.56 Å². The third-order valence-corrected chi connectivity index (χ3v) is 7.96. The van der Waals surface area contributed by atoms with Crippen LogP contribution in [-0.4, -0.2) is 79.6 Å². The fourth-order valence-electron chi connectivity index (χ4n) is 4.24. The molecular formula is C26H39N5O6S. The number of hydrogen-bond donors (Lipinski definition) is 1. The maximum Gasteiger partial charge on any atom is 0.277 e. The van der Waals surface area contributed by atoms with Gasteiger partial charge in [0.05, 0.1) is 22.8 Å². The van der Waals surface area contributed by atoms with Crippen LogP contribution in [0.1, 0.15) is 45.2 Å². The number of nitrogens with one attached hydrogen (secondary N) is 1. The van der Waals surface area contributed by atoms with E-state index in [0.717, 1.165) is 18.5 Å². The molecule has 0 spiro atoms. The molecule has 3 rings (SSSR count). The van der Waals surface area contributed by atoms with Crippen LogP contribution in [0.25, 0.3) is 22.4 Å². The Labute approximate surface area is 224 Å². The monoisotopic (exact) mass is 549 g/mol. The van der Waals surface area contributed by atoms with E-state index in [1.54, 1.807) is 27.3 Å². The van der Waals surface area contributed by atoms with Gasteiger partial charge in [-0.3, -0.25) is 9.48 Å². The van der Waals surface area contributed by atoms with E-state index in [1.165, 1.54) is 21.1 Å². The van der Waals surface area contributed by atoms with Gasteiger partial charge in [0, 0.05) is 47.6 Å². The fourth-order valence-corrected chi connectivity index (χ4v) is 5.79. The summed E-state index contributed by atoms with van der Waals surface area (Å²) in [6.45, 7) is 5.95. The second-order valence-electron chi connectivity index (χ2n) is 9.04. The first-order chi connectivity index (χ1) is 18.3. The Morgan fingerprint density at radius 2 is 1.71 bits per heavy atom. The summed E-state index contributed by atoms with van der Waals surface area (Å²) < 4.78 is 46.7. The second-order valence-corrected chi connectivity index (χ2v) is 11.0. The van der Waals surface area contributed by atoms with E-state index in [4.69, 9.17) is 19.2 Å². The predicted octanol–water partition coefficient (Wildman–Crippen LogP) is 3.13. The zero-order valence-electron chi connectivity index (χ0n) is 22.9. The van der Waals surface area contributed by atoms with Crippen molar-refractivity contribution in [1.82, 2.24) is 24.1 Å². The van der Waals surface area contributed by atoms with Gasteiger partial charge in [-0.2, -0.15) is 9.40 Å². The number of aromatic amines is 1. The summed E-state index contributed by atoms with van der Waals surface area (Å²) in [6, 6.07) is 4.69. The fraction of sp³-hybridized carbons (Fsp3) is 0.577. The van der Waals surface area contributed by atoms with Crippen molar-refractivity contribution in [3.63, 3.8) is 0 Å².